The number of nitrogens with one attached hydrogen (secondary N) is 1. The SMILES string of the molecule is O=C1CCC(N2CCNCC2)CN1P. The van der Waals surface area contributed by atoms with Gasteiger partial charge in [-0.25, -0.2) is 0 Å². The summed E-state index contributed by atoms with van der Waals surface area (Å²) in [5.74, 6) is 0.265. The van der Waals surface area contributed by atoms with Gasteiger partial charge < -0.3 is 9.99 Å². The van der Waals surface area contributed by atoms with Gasteiger partial charge in [0.05, 0.1) is 0 Å². The molecular formula is C9H18N3OP. The standard InChI is InChI=1S/C9H18N3OP/c13-9-2-1-8(7-12(9)14)11-5-3-10-4-6-11/h8,10H,1-7,14H2. The van der Waals surface area contributed by atoms with Gasteiger partial charge >= 0.3 is 0 Å². The van der Waals surface area contributed by atoms with Crippen molar-refractivity contribution in [1.82, 2.24) is 14.9 Å². The average molecular weight is 215 g/mol. The third-order valence-corrected chi connectivity index (χ3v) is 3.59. The smallest absolute Gasteiger partial charge is 0.225 e. The summed E-state index contributed by atoms with van der Waals surface area (Å²) < 4.78 is 1.79. The topological polar surface area (TPSA) is 35.6 Å². The fraction of sp³-hybridized carbons (Fsp3) is 0.889. The zero-order valence-corrected chi connectivity index (χ0v) is 9.56. The van der Waals surface area contributed by atoms with E-state index in [1.165, 1.54) is 0 Å². The molecule has 2 rings (SSSR count). The molecule has 1 amide bonds. The lowest BCUT2D eigenvalue weighted by Crippen LogP contribution is -2.53. The van der Waals surface area contributed by atoms with Gasteiger partial charge in [0.2, 0.25) is 5.91 Å². The first-order valence-corrected chi connectivity index (χ1v) is 5.79. The highest BCUT2D eigenvalue weighted by Gasteiger charge is 2.28. The fourth-order valence-electron chi connectivity index (χ4n) is 2.20. The van der Waals surface area contributed by atoms with Crippen LogP contribution in [0.2, 0.25) is 0 Å². The van der Waals surface area contributed by atoms with Crippen molar-refractivity contribution in [2.45, 2.75) is 18.9 Å². The van der Waals surface area contributed by atoms with Gasteiger partial charge in [-0.1, -0.05) is 0 Å². The first-order chi connectivity index (χ1) is 6.77. The lowest BCUT2D eigenvalue weighted by molar-refractivity contribution is -0.129. The van der Waals surface area contributed by atoms with Crippen LogP contribution in [-0.2, 0) is 4.79 Å². The van der Waals surface area contributed by atoms with Crippen molar-refractivity contribution in [3.63, 3.8) is 0 Å². The Balaban J connectivity index is 1.88. The molecule has 0 bridgehead atoms. The molecule has 80 valence electrons. The van der Waals surface area contributed by atoms with E-state index in [1.54, 1.807) is 4.67 Å². The minimum atomic E-state index is 0.265. The molecule has 0 spiro atoms. The number of rotatable bonds is 1. The molecule has 4 nitrogen and oxygen atoms in total. The third-order valence-electron chi connectivity index (χ3n) is 3.09. The highest BCUT2D eigenvalue weighted by Crippen LogP contribution is 2.19. The highest BCUT2D eigenvalue weighted by molar-refractivity contribution is 7.14. The second-order valence-electron chi connectivity index (χ2n) is 4.02. The van der Waals surface area contributed by atoms with Gasteiger partial charge in [0.25, 0.3) is 0 Å². The van der Waals surface area contributed by atoms with Crippen LogP contribution in [0.5, 0.6) is 0 Å². The number of piperidine rings is 1. The van der Waals surface area contributed by atoms with Crippen LogP contribution in [0.1, 0.15) is 12.8 Å². The molecule has 2 atom stereocenters. The molecule has 2 unspecified atom stereocenters. The molecule has 1 N–H and O–H groups in total. The summed E-state index contributed by atoms with van der Waals surface area (Å²) in [5.41, 5.74) is 0. The number of piperazine rings is 1. The quantitative estimate of drug-likeness (QED) is 0.609. The van der Waals surface area contributed by atoms with Crippen LogP contribution >= 0.6 is 9.39 Å². The summed E-state index contributed by atoms with van der Waals surface area (Å²) in [6, 6.07) is 0.576. The van der Waals surface area contributed by atoms with E-state index in [0.717, 1.165) is 39.1 Å². The molecular weight excluding hydrogens is 197 g/mol. The van der Waals surface area contributed by atoms with Crippen molar-refractivity contribution < 1.29 is 4.79 Å². The second kappa shape index (κ2) is 4.56. The van der Waals surface area contributed by atoms with Crippen molar-refractivity contribution in [3.05, 3.63) is 0 Å². The Morgan fingerprint density at radius 2 is 2.07 bits per heavy atom. The molecule has 2 fully saturated rings. The van der Waals surface area contributed by atoms with E-state index in [9.17, 15) is 4.79 Å². The van der Waals surface area contributed by atoms with Crippen LogP contribution in [0, 0.1) is 0 Å². The largest absolute Gasteiger partial charge is 0.326 e. The van der Waals surface area contributed by atoms with Crippen LogP contribution in [-0.4, -0.2) is 54.2 Å². The van der Waals surface area contributed by atoms with E-state index in [1.807, 2.05) is 0 Å². The molecule has 2 heterocycles. The molecule has 0 aliphatic carbocycles. The minimum absolute atomic E-state index is 0.265. The summed E-state index contributed by atoms with van der Waals surface area (Å²) in [7, 11) is 2.53. The molecule has 0 saturated carbocycles. The number of nitrogens with zero attached hydrogens (tertiary/aromatic N) is 2. The maximum absolute atomic E-state index is 11.3. The van der Waals surface area contributed by atoms with Gasteiger partial charge in [0.15, 0.2) is 0 Å². The van der Waals surface area contributed by atoms with Crippen LogP contribution < -0.4 is 5.32 Å². The highest BCUT2D eigenvalue weighted by atomic mass is 31.0. The van der Waals surface area contributed by atoms with Crippen molar-refractivity contribution in [2.24, 2.45) is 0 Å². The maximum atomic E-state index is 11.3. The second-order valence-corrected chi connectivity index (χ2v) is 4.65. The molecule has 0 aromatic rings. The predicted molar refractivity (Wildman–Crippen MR) is 58.9 cm³/mol. The monoisotopic (exact) mass is 215 g/mol. The average Bonchev–Trinajstić information content (AvgIpc) is 2.23. The van der Waals surface area contributed by atoms with E-state index >= 15 is 0 Å². The third kappa shape index (κ3) is 2.25. The molecule has 2 saturated heterocycles. The van der Waals surface area contributed by atoms with Gasteiger partial charge in [0.1, 0.15) is 0 Å². The number of hydrogen-bond acceptors (Lipinski definition) is 3. The Morgan fingerprint density at radius 3 is 2.71 bits per heavy atom. The Bertz CT molecular complexity index is 218. The lowest BCUT2D eigenvalue weighted by Gasteiger charge is -2.39. The Kier molecular flexibility index (Phi) is 3.37. The molecule has 0 radical (unpaired) electrons. The van der Waals surface area contributed by atoms with Crippen LogP contribution in [0.15, 0.2) is 0 Å². The van der Waals surface area contributed by atoms with Gasteiger partial charge in [0, 0.05) is 45.2 Å². The zero-order chi connectivity index (χ0) is 9.97. The molecule has 2 aliphatic rings. The van der Waals surface area contributed by atoms with Gasteiger partial charge in [-0.2, -0.15) is 0 Å². The maximum Gasteiger partial charge on any atom is 0.225 e. The number of carbonyl (C=O) groups is 1. The van der Waals surface area contributed by atoms with Crippen molar-refractivity contribution in [1.29, 1.82) is 0 Å². The van der Waals surface area contributed by atoms with Gasteiger partial charge in [-0.05, 0) is 15.8 Å². The fourth-order valence-corrected chi connectivity index (χ4v) is 2.57. The lowest BCUT2D eigenvalue weighted by atomic mass is 10.0. The number of carbonyl (C=O) groups excluding carboxylic acids is 1. The summed E-state index contributed by atoms with van der Waals surface area (Å²) >= 11 is 0. The van der Waals surface area contributed by atoms with Gasteiger partial charge in [-0.3, -0.25) is 9.69 Å². The number of amides is 1. The zero-order valence-electron chi connectivity index (χ0n) is 8.41. The minimum Gasteiger partial charge on any atom is -0.326 e. The Morgan fingerprint density at radius 1 is 1.36 bits per heavy atom. The number of hydrogen-bond donors (Lipinski definition) is 1. The van der Waals surface area contributed by atoms with Crippen LogP contribution in [0.4, 0.5) is 0 Å². The summed E-state index contributed by atoms with van der Waals surface area (Å²) in [5, 5.41) is 3.35. The molecule has 0 aromatic heterocycles. The molecule has 2 aliphatic heterocycles. The van der Waals surface area contributed by atoms with E-state index in [2.05, 4.69) is 19.6 Å². The normalized spacial score (nSPS) is 30.8. The van der Waals surface area contributed by atoms with Crippen LogP contribution in [0.25, 0.3) is 0 Å². The summed E-state index contributed by atoms with van der Waals surface area (Å²) in [4.78, 5) is 13.8. The molecule has 0 aromatic carbocycles. The first-order valence-electron chi connectivity index (χ1n) is 5.27. The van der Waals surface area contributed by atoms with Crippen molar-refractivity contribution in [3.8, 4) is 0 Å². The van der Waals surface area contributed by atoms with E-state index in [4.69, 9.17) is 0 Å². The van der Waals surface area contributed by atoms with E-state index in [0.29, 0.717) is 12.5 Å². The predicted octanol–water partition coefficient (Wildman–Crippen LogP) is -0.327. The van der Waals surface area contributed by atoms with Gasteiger partial charge in [-0.15, -0.1) is 0 Å². The van der Waals surface area contributed by atoms with E-state index in [-0.39, 0.29) is 5.91 Å². The van der Waals surface area contributed by atoms with Crippen molar-refractivity contribution in [2.75, 3.05) is 32.7 Å². The van der Waals surface area contributed by atoms with Crippen molar-refractivity contribution >= 4 is 15.3 Å². The van der Waals surface area contributed by atoms with Crippen LogP contribution in [0.3, 0.4) is 0 Å². The first kappa shape index (κ1) is 10.3. The summed E-state index contributed by atoms with van der Waals surface area (Å²) in [6.45, 7) is 5.29. The molecule has 14 heavy (non-hydrogen) atoms. The van der Waals surface area contributed by atoms with E-state index < -0.39 is 0 Å². The Hall–Kier alpha value is -0.180. The Labute approximate surface area is 87.3 Å². The summed E-state index contributed by atoms with van der Waals surface area (Å²) in [6.07, 6.45) is 1.74. The molecule has 5 heteroatoms.